The van der Waals surface area contributed by atoms with Gasteiger partial charge in [-0.15, -0.1) is 0 Å². The van der Waals surface area contributed by atoms with Crippen molar-refractivity contribution in [3.63, 3.8) is 0 Å². The molecule has 3 rings (SSSR count). The van der Waals surface area contributed by atoms with E-state index in [0.717, 1.165) is 28.5 Å². The van der Waals surface area contributed by atoms with Gasteiger partial charge in [0.25, 0.3) is 0 Å². The Morgan fingerprint density at radius 2 is 2.00 bits per heavy atom. The van der Waals surface area contributed by atoms with Crippen LogP contribution in [-0.2, 0) is 6.54 Å². The van der Waals surface area contributed by atoms with Gasteiger partial charge in [0.1, 0.15) is 0 Å². The van der Waals surface area contributed by atoms with Crippen LogP contribution in [0.3, 0.4) is 0 Å². The van der Waals surface area contributed by atoms with Crippen molar-refractivity contribution in [1.82, 2.24) is 9.88 Å². The molecule has 0 aliphatic heterocycles. The Hall–Kier alpha value is -1.12. The van der Waals surface area contributed by atoms with E-state index in [4.69, 9.17) is 11.6 Å². The first-order valence-corrected chi connectivity index (χ1v) is 8.23. The van der Waals surface area contributed by atoms with Gasteiger partial charge >= 0.3 is 0 Å². The van der Waals surface area contributed by atoms with Crippen LogP contribution in [0, 0.1) is 5.92 Å². The average Bonchev–Trinajstić information content (AvgIpc) is 3.31. The van der Waals surface area contributed by atoms with Crippen LogP contribution in [0.15, 0.2) is 30.5 Å². The molecule has 2 aromatic rings. The summed E-state index contributed by atoms with van der Waals surface area (Å²) in [5, 5.41) is 1.85. The molecular formula is C18H23ClN2. The molecule has 1 aliphatic carbocycles. The van der Waals surface area contributed by atoms with Crippen molar-refractivity contribution in [2.45, 2.75) is 52.2 Å². The lowest BCUT2D eigenvalue weighted by molar-refractivity contribution is 0.151. The van der Waals surface area contributed by atoms with Gasteiger partial charge in [0, 0.05) is 35.2 Å². The Bertz CT molecular complexity index is 634. The van der Waals surface area contributed by atoms with E-state index in [9.17, 15) is 0 Å². The molecule has 0 radical (unpaired) electrons. The van der Waals surface area contributed by atoms with Crippen molar-refractivity contribution < 1.29 is 0 Å². The molecule has 21 heavy (non-hydrogen) atoms. The van der Waals surface area contributed by atoms with E-state index in [1.807, 2.05) is 18.3 Å². The van der Waals surface area contributed by atoms with Gasteiger partial charge in [0.15, 0.2) is 0 Å². The van der Waals surface area contributed by atoms with E-state index in [0.29, 0.717) is 12.0 Å². The number of halogens is 1. The molecule has 2 nitrogen and oxygen atoms in total. The fourth-order valence-electron chi connectivity index (χ4n) is 2.92. The quantitative estimate of drug-likeness (QED) is 0.781. The van der Waals surface area contributed by atoms with Crippen molar-refractivity contribution in [3.05, 3.63) is 41.0 Å². The Balaban J connectivity index is 1.95. The van der Waals surface area contributed by atoms with E-state index in [-0.39, 0.29) is 0 Å². The summed E-state index contributed by atoms with van der Waals surface area (Å²) < 4.78 is 0. The molecule has 1 aromatic carbocycles. The minimum atomic E-state index is 0.590. The van der Waals surface area contributed by atoms with Crippen molar-refractivity contribution in [2.24, 2.45) is 5.92 Å². The van der Waals surface area contributed by atoms with E-state index in [1.54, 1.807) is 0 Å². The molecular weight excluding hydrogens is 280 g/mol. The highest BCUT2D eigenvalue weighted by atomic mass is 35.5. The molecule has 1 heterocycles. The van der Waals surface area contributed by atoms with Crippen LogP contribution in [0.25, 0.3) is 10.9 Å². The summed E-state index contributed by atoms with van der Waals surface area (Å²) in [5.74, 6) is 0.664. The van der Waals surface area contributed by atoms with Crippen LogP contribution in [0.4, 0.5) is 0 Å². The SMILES string of the molecule is CC(C)C(C)N(Cc1ccc(Cl)c2cccnc12)C1CC1. The first kappa shape index (κ1) is 14.8. The van der Waals surface area contributed by atoms with Gasteiger partial charge in [-0.05, 0) is 49.4 Å². The summed E-state index contributed by atoms with van der Waals surface area (Å²) >= 11 is 6.30. The number of fused-ring (bicyclic) bond motifs is 1. The van der Waals surface area contributed by atoms with Gasteiger partial charge in [-0.2, -0.15) is 0 Å². The zero-order valence-corrected chi connectivity index (χ0v) is 13.8. The van der Waals surface area contributed by atoms with Gasteiger partial charge in [-0.1, -0.05) is 31.5 Å². The number of aromatic nitrogens is 1. The van der Waals surface area contributed by atoms with Crippen molar-refractivity contribution in [2.75, 3.05) is 0 Å². The third-order valence-corrected chi connectivity index (χ3v) is 4.99. The zero-order chi connectivity index (χ0) is 15.0. The highest BCUT2D eigenvalue weighted by molar-refractivity contribution is 6.35. The second kappa shape index (κ2) is 5.94. The number of rotatable bonds is 5. The molecule has 3 heteroatoms. The summed E-state index contributed by atoms with van der Waals surface area (Å²) in [7, 11) is 0. The smallest absolute Gasteiger partial charge is 0.0761 e. The minimum absolute atomic E-state index is 0.590. The molecule has 0 saturated heterocycles. The Morgan fingerprint density at radius 1 is 1.24 bits per heavy atom. The maximum absolute atomic E-state index is 6.30. The number of hydrogen-bond donors (Lipinski definition) is 0. The van der Waals surface area contributed by atoms with Crippen LogP contribution in [0.2, 0.25) is 5.02 Å². The summed E-state index contributed by atoms with van der Waals surface area (Å²) in [6.45, 7) is 7.92. The molecule has 0 bridgehead atoms. The number of hydrogen-bond acceptors (Lipinski definition) is 2. The Labute approximate surface area is 132 Å². The topological polar surface area (TPSA) is 16.1 Å². The lowest BCUT2D eigenvalue weighted by Gasteiger charge is -2.32. The Morgan fingerprint density at radius 3 is 2.67 bits per heavy atom. The number of pyridine rings is 1. The Kier molecular flexibility index (Phi) is 4.19. The van der Waals surface area contributed by atoms with Crippen LogP contribution >= 0.6 is 11.6 Å². The van der Waals surface area contributed by atoms with E-state index >= 15 is 0 Å². The summed E-state index contributed by atoms with van der Waals surface area (Å²) in [4.78, 5) is 7.21. The van der Waals surface area contributed by atoms with E-state index in [2.05, 4.69) is 42.8 Å². The fourth-order valence-corrected chi connectivity index (χ4v) is 3.13. The summed E-state index contributed by atoms with van der Waals surface area (Å²) in [6, 6.07) is 9.49. The van der Waals surface area contributed by atoms with Gasteiger partial charge in [0.05, 0.1) is 5.52 Å². The lowest BCUT2D eigenvalue weighted by atomic mass is 10.0. The molecule has 1 unspecified atom stereocenters. The second-order valence-electron chi connectivity index (χ2n) is 6.49. The second-order valence-corrected chi connectivity index (χ2v) is 6.90. The molecule has 0 N–H and O–H groups in total. The first-order valence-electron chi connectivity index (χ1n) is 7.85. The molecule has 1 fully saturated rings. The lowest BCUT2D eigenvalue weighted by Crippen LogP contribution is -2.38. The van der Waals surface area contributed by atoms with Gasteiger partial charge < -0.3 is 0 Å². The van der Waals surface area contributed by atoms with E-state index < -0.39 is 0 Å². The van der Waals surface area contributed by atoms with Crippen LogP contribution in [-0.4, -0.2) is 22.0 Å². The normalized spacial score (nSPS) is 16.9. The zero-order valence-electron chi connectivity index (χ0n) is 13.0. The molecule has 1 saturated carbocycles. The fraction of sp³-hybridized carbons (Fsp3) is 0.500. The standard InChI is InChI=1S/C18H23ClN2/c1-12(2)13(3)21(15-7-8-15)11-14-6-9-17(19)16-5-4-10-20-18(14)16/h4-6,9-10,12-13,15H,7-8,11H2,1-3H3. The molecule has 1 atom stereocenters. The molecule has 0 spiro atoms. The van der Waals surface area contributed by atoms with Gasteiger partial charge in [-0.25, -0.2) is 0 Å². The van der Waals surface area contributed by atoms with Gasteiger partial charge in [-0.3, -0.25) is 9.88 Å². The van der Waals surface area contributed by atoms with Crippen molar-refractivity contribution in [3.8, 4) is 0 Å². The van der Waals surface area contributed by atoms with Crippen LogP contribution < -0.4 is 0 Å². The van der Waals surface area contributed by atoms with Crippen molar-refractivity contribution >= 4 is 22.5 Å². The van der Waals surface area contributed by atoms with E-state index in [1.165, 1.54) is 18.4 Å². The maximum Gasteiger partial charge on any atom is 0.0761 e. The largest absolute Gasteiger partial charge is 0.293 e. The number of nitrogens with zero attached hydrogens (tertiary/aromatic N) is 2. The average molecular weight is 303 g/mol. The monoisotopic (exact) mass is 302 g/mol. The van der Waals surface area contributed by atoms with Crippen LogP contribution in [0.5, 0.6) is 0 Å². The summed E-state index contributed by atoms with van der Waals surface area (Å²) in [5.41, 5.74) is 2.33. The van der Waals surface area contributed by atoms with Crippen LogP contribution in [0.1, 0.15) is 39.2 Å². The summed E-state index contributed by atoms with van der Waals surface area (Å²) in [6.07, 6.45) is 4.52. The molecule has 1 aliphatic rings. The predicted octanol–water partition coefficient (Wildman–Crippen LogP) is 4.90. The highest BCUT2D eigenvalue weighted by Crippen LogP contribution is 2.34. The highest BCUT2D eigenvalue weighted by Gasteiger charge is 2.33. The predicted molar refractivity (Wildman–Crippen MR) is 89.6 cm³/mol. The third kappa shape index (κ3) is 3.07. The first-order chi connectivity index (χ1) is 10.1. The van der Waals surface area contributed by atoms with Crippen molar-refractivity contribution in [1.29, 1.82) is 0 Å². The maximum atomic E-state index is 6.30. The minimum Gasteiger partial charge on any atom is -0.293 e. The molecule has 112 valence electrons. The molecule has 0 amide bonds. The molecule has 1 aromatic heterocycles. The van der Waals surface area contributed by atoms with Gasteiger partial charge in [0.2, 0.25) is 0 Å². The number of benzene rings is 1. The third-order valence-electron chi connectivity index (χ3n) is 4.66.